The van der Waals surface area contributed by atoms with Gasteiger partial charge in [0.05, 0.1) is 18.2 Å². The van der Waals surface area contributed by atoms with Crippen molar-refractivity contribution in [3.8, 4) is 0 Å². The molecule has 0 spiro atoms. The smallest absolute Gasteiger partial charge is 0.184 e. The van der Waals surface area contributed by atoms with Crippen LogP contribution in [-0.4, -0.2) is 50.3 Å². The minimum absolute atomic E-state index is 0.547. The van der Waals surface area contributed by atoms with Crippen molar-refractivity contribution in [2.24, 2.45) is 4.99 Å². The Kier molecular flexibility index (Phi) is 7.01. The average molecular weight is 273 g/mol. The molecule has 1 heterocycles. The highest BCUT2D eigenvalue weighted by atomic mass is 35.5. The lowest BCUT2D eigenvalue weighted by Crippen LogP contribution is -2.38. The summed E-state index contributed by atoms with van der Waals surface area (Å²) in [5.41, 5.74) is 0.793. The Labute approximate surface area is 114 Å². The summed E-state index contributed by atoms with van der Waals surface area (Å²) >= 11 is 5.89. The number of hydrogen-bond acceptors (Lipinski definition) is 4. The first-order chi connectivity index (χ1) is 8.59. The van der Waals surface area contributed by atoms with Crippen LogP contribution in [0.15, 0.2) is 28.4 Å². The molecule has 18 heavy (non-hydrogen) atoms. The summed E-state index contributed by atoms with van der Waals surface area (Å²) in [4.78, 5) is 6.44. The number of hydrogen-bond donors (Lipinski definition) is 0. The molecular weight excluding hydrogens is 252 g/mol. The maximum absolute atomic E-state index is 5.89. The summed E-state index contributed by atoms with van der Waals surface area (Å²) < 4.78 is 10.8. The Morgan fingerprint density at radius 3 is 2.72 bits per heavy atom. The fourth-order valence-electron chi connectivity index (χ4n) is 1.44. The molecule has 5 heteroatoms. The van der Waals surface area contributed by atoms with E-state index in [0.29, 0.717) is 17.5 Å². The molecule has 0 bridgehead atoms. The Balaban J connectivity index is 2.23. The fraction of sp³-hybridized carbons (Fsp3) is 0.615. The SMILES string of the molecule is C=C(C)/C(Cl)=C\N=C(/C)OCCN1CCOCC1. The van der Waals surface area contributed by atoms with Crippen LogP contribution in [0.2, 0.25) is 0 Å². The minimum Gasteiger partial charge on any atom is -0.480 e. The maximum Gasteiger partial charge on any atom is 0.184 e. The van der Waals surface area contributed by atoms with Crippen LogP contribution in [-0.2, 0) is 9.47 Å². The third-order valence-corrected chi connectivity index (χ3v) is 3.01. The van der Waals surface area contributed by atoms with Gasteiger partial charge in [-0.15, -0.1) is 0 Å². The predicted molar refractivity (Wildman–Crippen MR) is 75.1 cm³/mol. The van der Waals surface area contributed by atoms with Crippen molar-refractivity contribution in [3.05, 3.63) is 23.4 Å². The van der Waals surface area contributed by atoms with E-state index < -0.39 is 0 Å². The van der Waals surface area contributed by atoms with Crippen LogP contribution >= 0.6 is 11.6 Å². The monoisotopic (exact) mass is 272 g/mol. The van der Waals surface area contributed by atoms with Crippen molar-refractivity contribution in [1.29, 1.82) is 0 Å². The van der Waals surface area contributed by atoms with Crippen molar-refractivity contribution in [2.45, 2.75) is 13.8 Å². The zero-order chi connectivity index (χ0) is 13.4. The summed E-state index contributed by atoms with van der Waals surface area (Å²) in [5, 5.41) is 0.547. The average Bonchev–Trinajstić information content (AvgIpc) is 2.37. The van der Waals surface area contributed by atoms with Crippen LogP contribution in [0, 0.1) is 0 Å². The van der Waals surface area contributed by atoms with E-state index >= 15 is 0 Å². The van der Waals surface area contributed by atoms with Crippen LogP contribution in [0.3, 0.4) is 0 Å². The van der Waals surface area contributed by atoms with Crippen molar-refractivity contribution < 1.29 is 9.47 Å². The van der Waals surface area contributed by atoms with Gasteiger partial charge in [0.15, 0.2) is 5.90 Å². The normalized spacial score (nSPS) is 18.8. The van der Waals surface area contributed by atoms with E-state index in [9.17, 15) is 0 Å². The Morgan fingerprint density at radius 1 is 1.44 bits per heavy atom. The molecule has 1 fully saturated rings. The molecule has 0 N–H and O–H groups in total. The van der Waals surface area contributed by atoms with Gasteiger partial charge >= 0.3 is 0 Å². The lowest BCUT2D eigenvalue weighted by atomic mass is 10.3. The number of ether oxygens (including phenoxy) is 2. The summed E-state index contributed by atoms with van der Waals surface area (Å²) in [5.74, 6) is 0.614. The van der Waals surface area contributed by atoms with Crippen molar-refractivity contribution >= 4 is 17.5 Å². The molecule has 0 unspecified atom stereocenters. The van der Waals surface area contributed by atoms with Crippen LogP contribution in [0.5, 0.6) is 0 Å². The highest BCUT2D eigenvalue weighted by Gasteiger charge is 2.09. The quantitative estimate of drug-likeness (QED) is 0.438. The van der Waals surface area contributed by atoms with Gasteiger partial charge in [0.25, 0.3) is 0 Å². The van der Waals surface area contributed by atoms with Gasteiger partial charge in [0, 0.05) is 32.8 Å². The third kappa shape index (κ3) is 6.19. The van der Waals surface area contributed by atoms with Crippen molar-refractivity contribution in [3.63, 3.8) is 0 Å². The number of nitrogens with zero attached hydrogens (tertiary/aromatic N) is 2. The van der Waals surface area contributed by atoms with E-state index in [1.807, 2.05) is 13.8 Å². The molecule has 0 radical (unpaired) electrons. The Morgan fingerprint density at radius 2 is 2.11 bits per heavy atom. The summed E-state index contributed by atoms with van der Waals surface area (Å²) in [6.45, 7) is 12.5. The van der Waals surface area contributed by atoms with Crippen molar-refractivity contribution in [1.82, 2.24) is 4.90 Å². The molecular formula is C13H21ClN2O2. The van der Waals surface area contributed by atoms with Gasteiger partial charge in [-0.05, 0) is 12.5 Å². The number of rotatable bonds is 5. The van der Waals surface area contributed by atoms with Gasteiger partial charge < -0.3 is 9.47 Å². The second-order valence-electron chi connectivity index (χ2n) is 4.21. The molecule has 4 nitrogen and oxygen atoms in total. The second-order valence-corrected chi connectivity index (χ2v) is 4.62. The number of allylic oxidation sites excluding steroid dienone is 2. The van der Waals surface area contributed by atoms with E-state index in [0.717, 1.165) is 38.4 Å². The summed E-state index contributed by atoms with van der Waals surface area (Å²) in [7, 11) is 0. The molecule has 0 aromatic heterocycles. The predicted octanol–water partition coefficient (Wildman–Crippen LogP) is 2.41. The fourth-order valence-corrected chi connectivity index (χ4v) is 1.49. The molecule has 0 aromatic carbocycles. The zero-order valence-corrected chi connectivity index (χ0v) is 11.9. The van der Waals surface area contributed by atoms with E-state index in [1.54, 1.807) is 6.20 Å². The van der Waals surface area contributed by atoms with Gasteiger partial charge in [0.1, 0.15) is 6.61 Å². The highest BCUT2D eigenvalue weighted by Crippen LogP contribution is 2.11. The minimum atomic E-state index is 0.547. The lowest BCUT2D eigenvalue weighted by molar-refractivity contribution is 0.0315. The van der Waals surface area contributed by atoms with Gasteiger partial charge in [-0.2, -0.15) is 0 Å². The van der Waals surface area contributed by atoms with Gasteiger partial charge in [-0.1, -0.05) is 18.2 Å². The van der Waals surface area contributed by atoms with E-state index in [4.69, 9.17) is 21.1 Å². The molecule has 0 atom stereocenters. The molecule has 102 valence electrons. The van der Waals surface area contributed by atoms with Crippen LogP contribution in [0.4, 0.5) is 0 Å². The first-order valence-corrected chi connectivity index (χ1v) is 6.46. The molecule has 0 amide bonds. The molecule has 1 aliphatic rings. The summed E-state index contributed by atoms with van der Waals surface area (Å²) in [6, 6.07) is 0. The topological polar surface area (TPSA) is 34.1 Å². The van der Waals surface area contributed by atoms with Crippen LogP contribution in [0.1, 0.15) is 13.8 Å². The van der Waals surface area contributed by atoms with E-state index in [-0.39, 0.29) is 0 Å². The van der Waals surface area contributed by atoms with Gasteiger partial charge in [0.2, 0.25) is 0 Å². The van der Waals surface area contributed by atoms with Crippen molar-refractivity contribution in [2.75, 3.05) is 39.5 Å². The van der Waals surface area contributed by atoms with Gasteiger partial charge in [-0.3, -0.25) is 4.90 Å². The third-order valence-electron chi connectivity index (χ3n) is 2.59. The molecule has 1 saturated heterocycles. The standard InChI is InChI=1S/C13H21ClN2O2/c1-11(2)13(14)10-15-12(3)18-9-6-16-4-7-17-8-5-16/h10H,1,4-9H2,2-3H3/b13-10+,15-12+. The summed E-state index contributed by atoms with van der Waals surface area (Å²) in [6.07, 6.45) is 1.56. The Hall–Kier alpha value is -0.840. The van der Waals surface area contributed by atoms with Crippen LogP contribution in [0.25, 0.3) is 0 Å². The Bertz CT molecular complexity index is 334. The lowest BCUT2D eigenvalue weighted by Gasteiger charge is -2.26. The molecule has 0 saturated carbocycles. The molecule has 0 aliphatic carbocycles. The highest BCUT2D eigenvalue weighted by molar-refractivity contribution is 6.31. The van der Waals surface area contributed by atoms with E-state index in [1.165, 1.54) is 0 Å². The van der Waals surface area contributed by atoms with Crippen LogP contribution < -0.4 is 0 Å². The van der Waals surface area contributed by atoms with Gasteiger partial charge in [-0.25, -0.2) is 4.99 Å². The molecule has 1 rings (SSSR count). The number of aliphatic imine (C=N–C) groups is 1. The first-order valence-electron chi connectivity index (χ1n) is 6.08. The van der Waals surface area contributed by atoms with E-state index in [2.05, 4.69) is 16.5 Å². The molecule has 0 aromatic rings. The number of morpholine rings is 1. The maximum atomic E-state index is 5.89. The largest absolute Gasteiger partial charge is 0.480 e. The first kappa shape index (κ1) is 15.2. The molecule has 1 aliphatic heterocycles. The second kappa shape index (κ2) is 8.29. The zero-order valence-electron chi connectivity index (χ0n) is 11.1. The number of halogens is 1.